The highest BCUT2D eigenvalue weighted by Gasteiger charge is 2.17. The highest BCUT2D eigenvalue weighted by molar-refractivity contribution is 5.76. The zero-order valence-electron chi connectivity index (χ0n) is 31.5. The molecule has 0 heterocycles. The summed E-state index contributed by atoms with van der Waals surface area (Å²) in [5.41, 5.74) is 0. The lowest BCUT2D eigenvalue weighted by Crippen LogP contribution is -2.45. The lowest BCUT2D eigenvalue weighted by atomic mass is 10.0. The van der Waals surface area contributed by atoms with Crippen LogP contribution in [0.3, 0.4) is 0 Å². The van der Waals surface area contributed by atoms with Crippen LogP contribution < -0.4 is 5.32 Å². The smallest absolute Gasteiger partial charge is 0.220 e. The third-order valence-corrected chi connectivity index (χ3v) is 9.35. The zero-order valence-corrected chi connectivity index (χ0v) is 31.5. The molecule has 0 aromatic carbocycles. The number of hydrogen-bond acceptors (Lipinski definition) is 3. The number of carbonyl (C=O) groups is 1. The van der Waals surface area contributed by atoms with Crippen molar-refractivity contribution in [3.8, 4) is 0 Å². The fraction of sp³-hybridized carbons (Fsp3) is 0.837. The van der Waals surface area contributed by atoms with Crippen molar-refractivity contribution in [1.29, 1.82) is 0 Å². The van der Waals surface area contributed by atoms with E-state index in [2.05, 4.69) is 43.5 Å². The summed E-state index contributed by atoms with van der Waals surface area (Å²) in [5.74, 6) is -0.0787. The van der Waals surface area contributed by atoms with Crippen molar-refractivity contribution in [2.45, 2.75) is 225 Å². The third kappa shape index (κ3) is 35.7. The summed E-state index contributed by atoms with van der Waals surface area (Å²) in [6.45, 7) is 4.29. The van der Waals surface area contributed by atoms with Gasteiger partial charge in [-0.05, 0) is 57.8 Å². The fourth-order valence-electron chi connectivity index (χ4n) is 6.13. The molecule has 1 amide bonds. The maximum Gasteiger partial charge on any atom is 0.220 e. The van der Waals surface area contributed by atoms with E-state index < -0.39 is 12.1 Å². The fourth-order valence-corrected chi connectivity index (χ4v) is 6.13. The average Bonchev–Trinajstić information content (AvgIpc) is 3.07. The second kappa shape index (κ2) is 39.1. The lowest BCUT2D eigenvalue weighted by Gasteiger charge is -2.19. The molecule has 4 nitrogen and oxygen atoms in total. The topological polar surface area (TPSA) is 69.6 Å². The number of nitrogens with one attached hydrogen (secondary N) is 1. The molecule has 2 unspecified atom stereocenters. The Hall–Kier alpha value is -1.39. The lowest BCUT2D eigenvalue weighted by molar-refractivity contribution is -0.123. The molecule has 0 aromatic heterocycles. The zero-order chi connectivity index (χ0) is 34.3. The van der Waals surface area contributed by atoms with Crippen molar-refractivity contribution in [2.75, 3.05) is 6.61 Å². The average molecular weight is 660 g/mol. The number of rotatable bonds is 37. The Morgan fingerprint density at radius 2 is 0.830 bits per heavy atom. The van der Waals surface area contributed by atoms with Crippen molar-refractivity contribution in [3.05, 3.63) is 36.5 Å². The van der Waals surface area contributed by atoms with E-state index in [1.54, 1.807) is 6.08 Å². The monoisotopic (exact) mass is 660 g/mol. The number of aliphatic hydroxyl groups is 2. The maximum absolute atomic E-state index is 12.3. The van der Waals surface area contributed by atoms with Gasteiger partial charge in [-0.1, -0.05) is 185 Å². The first kappa shape index (κ1) is 45.6. The SMILES string of the molecule is CCCCCCCC/C=C\CCCCCCCCCC(=O)NC(CO)C(O)/C=C/CC/C=C/CCCCCCCCCCCCCC. The van der Waals surface area contributed by atoms with E-state index in [1.807, 2.05) is 6.08 Å². The Bertz CT molecular complexity index is 716. The van der Waals surface area contributed by atoms with Gasteiger partial charge in [0, 0.05) is 6.42 Å². The summed E-state index contributed by atoms with van der Waals surface area (Å²) in [4.78, 5) is 12.3. The van der Waals surface area contributed by atoms with Crippen LogP contribution in [0, 0.1) is 0 Å². The Labute approximate surface area is 293 Å². The Kier molecular flexibility index (Phi) is 37.9. The van der Waals surface area contributed by atoms with Crippen LogP contribution >= 0.6 is 0 Å². The van der Waals surface area contributed by atoms with Crippen LogP contribution in [0.25, 0.3) is 0 Å². The van der Waals surface area contributed by atoms with Gasteiger partial charge in [-0.3, -0.25) is 4.79 Å². The quantitative estimate of drug-likeness (QED) is 0.0459. The number of hydrogen-bond donors (Lipinski definition) is 3. The highest BCUT2D eigenvalue weighted by atomic mass is 16.3. The van der Waals surface area contributed by atoms with Crippen molar-refractivity contribution in [2.24, 2.45) is 0 Å². The molecule has 47 heavy (non-hydrogen) atoms. The van der Waals surface area contributed by atoms with Crippen LogP contribution in [0.4, 0.5) is 0 Å². The van der Waals surface area contributed by atoms with Crippen molar-refractivity contribution < 1.29 is 15.0 Å². The number of unbranched alkanes of at least 4 members (excludes halogenated alkanes) is 26. The summed E-state index contributed by atoms with van der Waals surface area (Å²) >= 11 is 0. The van der Waals surface area contributed by atoms with Crippen molar-refractivity contribution in [3.63, 3.8) is 0 Å². The first-order valence-corrected chi connectivity index (χ1v) is 20.7. The Balaban J connectivity index is 3.64. The summed E-state index contributed by atoms with van der Waals surface area (Å²) in [6, 6.07) is -0.639. The van der Waals surface area contributed by atoms with Gasteiger partial charge in [-0.15, -0.1) is 0 Å². The second-order valence-corrected chi connectivity index (χ2v) is 14.0. The van der Waals surface area contributed by atoms with E-state index in [0.717, 1.165) is 32.1 Å². The molecule has 2 atom stereocenters. The number of amides is 1. The molecule has 0 aliphatic carbocycles. The Morgan fingerprint density at radius 3 is 1.23 bits per heavy atom. The molecule has 0 fully saturated rings. The molecule has 0 aliphatic rings. The van der Waals surface area contributed by atoms with Crippen LogP contribution in [0.1, 0.15) is 213 Å². The molecule has 0 radical (unpaired) electrons. The molecular formula is C43H81NO3. The summed E-state index contributed by atoms with van der Waals surface area (Å²) in [6.07, 6.45) is 51.0. The molecule has 0 aromatic rings. The first-order valence-electron chi connectivity index (χ1n) is 20.7. The van der Waals surface area contributed by atoms with Crippen LogP contribution in [-0.4, -0.2) is 34.9 Å². The molecule has 0 bridgehead atoms. The van der Waals surface area contributed by atoms with Gasteiger partial charge < -0.3 is 15.5 Å². The van der Waals surface area contributed by atoms with E-state index in [9.17, 15) is 15.0 Å². The number of allylic oxidation sites excluding steroid dienone is 5. The summed E-state index contributed by atoms with van der Waals surface area (Å²) in [5, 5.41) is 22.9. The number of aliphatic hydroxyl groups excluding tert-OH is 2. The van der Waals surface area contributed by atoms with Crippen LogP contribution in [0.2, 0.25) is 0 Å². The van der Waals surface area contributed by atoms with Crippen LogP contribution in [-0.2, 0) is 4.79 Å². The largest absolute Gasteiger partial charge is 0.394 e. The summed E-state index contributed by atoms with van der Waals surface area (Å²) in [7, 11) is 0. The van der Waals surface area contributed by atoms with Crippen LogP contribution in [0.15, 0.2) is 36.5 Å². The van der Waals surface area contributed by atoms with Gasteiger partial charge in [0.15, 0.2) is 0 Å². The number of carbonyl (C=O) groups excluding carboxylic acids is 1. The molecule has 0 aliphatic heterocycles. The minimum absolute atomic E-state index is 0.0787. The Morgan fingerprint density at radius 1 is 0.489 bits per heavy atom. The molecule has 0 spiro atoms. The van der Waals surface area contributed by atoms with E-state index in [1.165, 1.54) is 161 Å². The molecule has 3 N–H and O–H groups in total. The molecule has 0 saturated carbocycles. The first-order chi connectivity index (χ1) is 23.2. The van der Waals surface area contributed by atoms with Crippen molar-refractivity contribution in [1.82, 2.24) is 5.32 Å². The van der Waals surface area contributed by atoms with Gasteiger partial charge >= 0.3 is 0 Å². The van der Waals surface area contributed by atoms with Gasteiger partial charge in [0.1, 0.15) is 0 Å². The predicted molar refractivity (Wildman–Crippen MR) is 207 cm³/mol. The van der Waals surface area contributed by atoms with Gasteiger partial charge in [0.25, 0.3) is 0 Å². The van der Waals surface area contributed by atoms with Crippen molar-refractivity contribution >= 4 is 5.91 Å². The summed E-state index contributed by atoms with van der Waals surface area (Å²) < 4.78 is 0. The minimum atomic E-state index is -0.862. The normalized spacial score (nSPS) is 13.4. The van der Waals surface area contributed by atoms with E-state index in [-0.39, 0.29) is 12.5 Å². The van der Waals surface area contributed by atoms with Gasteiger partial charge in [-0.25, -0.2) is 0 Å². The second-order valence-electron chi connectivity index (χ2n) is 14.0. The molecule has 276 valence electrons. The molecule has 4 heteroatoms. The van der Waals surface area contributed by atoms with Gasteiger partial charge in [-0.2, -0.15) is 0 Å². The van der Waals surface area contributed by atoms with Crippen LogP contribution in [0.5, 0.6) is 0 Å². The predicted octanol–water partition coefficient (Wildman–Crippen LogP) is 12.6. The maximum atomic E-state index is 12.3. The highest BCUT2D eigenvalue weighted by Crippen LogP contribution is 2.14. The molecule has 0 rings (SSSR count). The van der Waals surface area contributed by atoms with E-state index >= 15 is 0 Å². The van der Waals surface area contributed by atoms with Gasteiger partial charge in [0.05, 0.1) is 18.8 Å². The van der Waals surface area contributed by atoms with E-state index in [0.29, 0.717) is 6.42 Å². The standard InChI is InChI=1S/C43H81NO3/c1-3-5-7-9-11-13-15-17-19-21-23-24-26-28-30-32-34-36-38-42(46)41(40-45)44-43(47)39-37-35-33-31-29-27-25-22-20-18-16-14-12-10-8-6-4-2/h18,20,28,30,36,38,41-42,45-46H,3-17,19,21-27,29,31-35,37,39-40H2,1-2H3,(H,44,47)/b20-18-,30-28+,38-36+. The molecule has 0 saturated heterocycles. The molecular weight excluding hydrogens is 578 g/mol. The minimum Gasteiger partial charge on any atom is -0.394 e. The van der Waals surface area contributed by atoms with Gasteiger partial charge in [0.2, 0.25) is 5.91 Å². The van der Waals surface area contributed by atoms with E-state index in [4.69, 9.17) is 0 Å². The third-order valence-electron chi connectivity index (χ3n) is 9.35.